The van der Waals surface area contributed by atoms with Crippen molar-refractivity contribution in [1.29, 1.82) is 0 Å². The van der Waals surface area contributed by atoms with Crippen molar-refractivity contribution in [2.45, 2.75) is 26.2 Å². The summed E-state index contributed by atoms with van der Waals surface area (Å²) in [6.07, 6.45) is 2.13. The zero-order valence-corrected chi connectivity index (χ0v) is 11.7. The number of ether oxygens (including phenoxy) is 1. The Balaban J connectivity index is 2.09. The van der Waals surface area contributed by atoms with Crippen molar-refractivity contribution in [3.8, 4) is 0 Å². The summed E-state index contributed by atoms with van der Waals surface area (Å²) in [5.74, 6) is -0.132. The molecule has 0 aromatic heterocycles. The van der Waals surface area contributed by atoms with E-state index >= 15 is 0 Å². The molecule has 5 nitrogen and oxygen atoms in total. The number of hydrogen-bond donors (Lipinski definition) is 1. The second kappa shape index (κ2) is 6.52. The van der Waals surface area contributed by atoms with Gasteiger partial charge in [0.15, 0.2) is 0 Å². The van der Waals surface area contributed by atoms with Gasteiger partial charge in [0.05, 0.1) is 5.69 Å². The van der Waals surface area contributed by atoms with E-state index in [0.717, 1.165) is 12.8 Å². The first-order valence-electron chi connectivity index (χ1n) is 6.84. The lowest BCUT2D eigenvalue weighted by molar-refractivity contribution is -0.126. The van der Waals surface area contributed by atoms with E-state index < -0.39 is 0 Å². The van der Waals surface area contributed by atoms with Crippen LogP contribution in [0.5, 0.6) is 0 Å². The molecule has 0 radical (unpaired) electrons. The molecule has 2 N–H and O–H groups in total. The third-order valence-corrected chi connectivity index (χ3v) is 3.52. The number of rotatable bonds is 3. The zero-order valence-electron chi connectivity index (χ0n) is 11.7. The van der Waals surface area contributed by atoms with Gasteiger partial charge in [0.2, 0.25) is 11.8 Å². The quantitative estimate of drug-likeness (QED) is 0.857. The van der Waals surface area contributed by atoms with Gasteiger partial charge in [-0.25, -0.2) is 0 Å². The van der Waals surface area contributed by atoms with Gasteiger partial charge in [-0.3, -0.25) is 14.5 Å². The maximum Gasteiger partial charge on any atom is 0.234 e. The number of carbonyl (C=O) groups excluding carboxylic acids is 2. The molecule has 0 saturated carbocycles. The number of nitrogens with two attached hydrogens (primary N) is 1. The van der Waals surface area contributed by atoms with Gasteiger partial charge < -0.3 is 10.5 Å². The van der Waals surface area contributed by atoms with Crippen LogP contribution < -0.4 is 10.6 Å². The Kier molecular flexibility index (Phi) is 4.74. The molecule has 20 heavy (non-hydrogen) atoms. The standard InChI is InChI=1S/C15H20N2O3/c1-11(18)17(14-4-2-13(16)3-5-14)15(19)10-12-6-8-20-9-7-12/h2-5,12H,6-10,16H2,1H3. The lowest BCUT2D eigenvalue weighted by Crippen LogP contribution is -2.37. The molecule has 0 unspecified atom stereocenters. The molecule has 1 heterocycles. The highest BCUT2D eigenvalue weighted by atomic mass is 16.5. The molecular weight excluding hydrogens is 256 g/mol. The van der Waals surface area contributed by atoms with E-state index in [1.165, 1.54) is 11.8 Å². The molecule has 1 aromatic carbocycles. The van der Waals surface area contributed by atoms with E-state index in [4.69, 9.17) is 10.5 Å². The van der Waals surface area contributed by atoms with Gasteiger partial charge in [0, 0.05) is 32.2 Å². The molecular formula is C15H20N2O3. The van der Waals surface area contributed by atoms with Crippen LogP contribution in [0.4, 0.5) is 11.4 Å². The minimum atomic E-state index is -0.271. The summed E-state index contributed by atoms with van der Waals surface area (Å²) >= 11 is 0. The molecule has 0 spiro atoms. The van der Waals surface area contributed by atoms with E-state index in [0.29, 0.717) is 36.9 Å². The van der Waals surface area contributed by atoms with Crippen LogP contribution in [-0.2, 0) is 14.3 Å². The first-order chi connectivity index (χ1) is 9.58. The highest BCUT2D eigenvalue weighted by Crippen LogP contribution is 2.23. The van der Waals surface area contributed by atoms with E-state index in [1.54, 1.807) is 24.3 Å². The Bertz CT molecular complexity index is 478. The van der Waals surface area contributed by atoms with Crippen molar-refractivity contribution in [2.75, 3.05) is 23.8 Å². The summed E-state index contributed by atoms with van der Waals surface area (Å²) in [6, 6.07) is 6.76. The Morgan fingerprint density at radius 2 is 1.85 bits per heavy atom. The van der Waals surface area contributed by atoms with Crippen molar-refractivity contribution < 1.29 is 14.3 Å². The number of benzene rings is 1. The monoisotopic (exact) mass is 276 g/mol. The van der Waals surface area contributed by atoms with Crippen LogP contribution in [0, 0.1) is 5.92 Å². The second-order valence-corrected chi connectivity index (χ2v) is 5.10. The van der Waals surface area contributed by atoms with Crippen LogP contribution in [-0.4, -0.2) is 25.0 Å². The van der Waals surface area contributed by atoms with Crippen LogP contribution in [0.1, 0.15) is 26.2 Å². The summed E-state index contributed by atoms with van der Waals surface area (Å²) in [5.41, 5.74) is 6.80. The van der Waals surface area contributed by atoms with Gasteiger partial charge in [-0.05, 0) is 43.0 Å². The van der Waals surface area contributed by atoms with Crippen LogP contribution in [0.2, 0.25) is 0 Å². The first-order valence-corrected chi connectivity index (χ1v) is 6.84. The molecule has 108 valence electrons. The summed E-state index contributed by atoms with van der Waals surface area (Å²) in [7, 11) is 0. The van der Waals surface area contributed by atoms with Gasteiger partial charge >= 0.3 is 0 Å². The first kappa shape index (κ1) is 14.5. The maximum absolute atomic E-state index is 12.4. The normalized spacial score (nSPS) is 15.8. The van der Waals surface area contributed by atoms with Gasteiger partial charge in [-0.1, -0.05) is 0 Å². The van der Waals surface area contributed by atoms with Crippen LogP contribution >= 0.6 is 0 Å². The number of amides is 2. The Labute approximate surface area is 118 Å². The number of imide groups is 1. The molecule has 2 rings (SSSR count). The topological polar surface area (TPSA) is 72.6 Å². The van der Waals surface area contributed by atoms with Crippen LogP contribution in [0.3, 0.4) is 0 Å². The third kappa shape index (κ3) is 3.57. The maximum atomic E-state index is 12.4. The van der Waals surface area contributed by atoms with Crippen LogP contribution in [0.15, 0.2) is 24.3 Å². The fraction of sp³-hybridized carbons (Fsp3) is 0.467. The highest BCUT2D eigenvalue weighted by molar-refractivity contribution is 6.14. The Morgan fingerprint density at radius 1 is 1.25 bits per heavy atom. The average molecular weight is 276 g/mol. The fourth-order valence-corrected chi connectivity index (χ4v) is 2.41. The summed E-state index contributed by atoms with van der Waals surface area (Å²) in [5, 5.41) is 0. The molecule has 0 bridgehead atoms. The average Bonchev–Trinajstić information content (AvgIpc) is 2.42. The molecule has 5 heteroatoms. The van der Waals surface area contributed by atoms with Crippen molar-refractivity contribution in [3.63, 3.8) is 0 Å². The van der Waals surface area contributed by atoms with Crippen molar-refractivity contribution in [2.24, 2.45) is 5.92 Å². The van der Waals surface area contributed by atoms with E-state index in [-0.39, 0.29) is 11.8 Å². The third-order valence-electron chi connectivity index (χ3n) is 3.52. The lowest BCUT2D eigenvalue weighted by Gasteiger charge is -2.25. The SMILES string of the molecule is CC(=O)N(C(=O)CC1CCOCC1)c1ccc(N)cc1. The molecule has 0 atom stereocenters. The highest BCUT2D eigenvalue weighted by Gasteiger charge is 2.24. The summed E-state index contributed by atoms with van der Waals surface area (Å²) in [4.78, 5) is 25.4. The smallest absolute Gasteiger partial charge is 0.234 e. The lowest BCUT2D eigenvalue weighted by atomic mass is 9.96. The van der Waals surface area contributed by atoms with E-state index in [2.05, 4.69) is 0 Å². The largest absolute Gasteiger partial charge is 0.399 e. The fourth-order valence-electron chi connectivity index (χ4n) is 2.41. The second-order valence-electron chi connectivity index (χ2n) is 5.10. The van der Waals surface area contributed by atoms with Gasteiger partial charge in [-0.2, -0.15) is 0 Å². The van der Waals surface area contributed by atoms with Crippen molar-refractivity contribution in [1.82, 2.24) is 0 Å². The summed E-state index contributed by atoms with van der Waals surface area (Å²) in [6.45, 7) is 2.79. The van der Waals surface area contributed by atoms with Gasteiger partial charge in [0.1, 0.15) is 0 Å². The molecule has 1 fully saturated rings. The van der Waals surface area contributed by atoms with E-state index in [9.17, 15) is 9.59 Å². The van der Waals surface area contributed by atoms with E-state index in [1.807, 2.05) is 0 Å². The number of nitrogen functional groups attached to an aromatic ring is 1. The molecule has 1 aliphatic rings. The van der Waals surface area contributed by atoms with Gasteiger partial charge in [-0.15, -0.1) is 0 Å². The molecule has 2 amide bonds. The van der Waals surface area contributed by atoms with Crippen molar-refractivity contribution in [3.05, 3.63) is 24.3 Å². The Hall–Kier alpha value is -1.88. The summed E-state index contributed by atoms with van der Waals surface area (Å²) < 4.78 is 5.28. The van der Waals surface area contributed by atoms with Gasteiger partial charge in [0.25, 0.3) is 0 Å². The predicted molar refractivity (Wildman–Crippen MR) is 77.2 cm³/mol. The minimum absolute atomic E-state index is 0.158. The van der Waals surface area contributed by atoms with Crippen molar-refractivity contribution >= 4 is 23.2 Å². The number of hydrogen-bond acceptors (Lipinski definition) is 4. The molecule has 1 saturated heterocycles. The minimum Gasteiger partial charge on any atom is -0.399 e. The number of carbonyl (C=O) groups is 2. The molecule has 0 aliphatic carbocycles. The number of anilines is 2. The predicted octanol–water partition coefficient (Wildman–Crippen LogP) is 1.97. The molecule has 1 aromatic rings. The van der Waals surface area contributed by atoms with Crippen LogP contribution in [0.25, 0.3) is 0 Å². The number of nitrogens with zero attached hydrogens (tertiary/aromatic N) is 1. The molecule has 1 aliphatic heterocycles. The Morgan fingerprint density at radius 3 is 2.40 bits per heavy atom. The zero-order chi connectivity index (χ0) is 14.5.